The van der Waals surface area contributed by atoms with Crippen LogP contribution in [0.1, 0.15) is 6.92 Å². The molecule has 0 N–H and O–H groups in total. The van der Waals surface area contributed by atoms with E-state index in [9.17, 15) is 0 Å². The van der Waals surface area contributed by atoms with E-state index in [1.807, 2.05) is 11.9 Å². The second kappa shape index (κ2) is 3.72. The summed E-state index contributed by atoms with van der Waals surface area (Å²) in [6.07, 6.45) is 3.47. The Bertz CT molecular complexity index is 255. The first-order chi connectivity index (χ1) is 5.66. The summed E-state index contributed by atoms with van der Waals surface area (Å²) in [6, 6.07) is 0.249. The van der Waals surface area contributed by atoms with Crippen LogP contribution in [0, 0.1) is 0 Å². The standard InChI is InChI=1S/C8H12ClN3/c1-6-7(4-10-2)8(9)11-5-12(6)3/h4-6H,1-3H3/b10-4-. The van der Waals surface area contributed by atoms with Gasteiger partial charge in [0.2, 0.25) is 0 Å². The molecule has 1 rings (SSSR count). The van der Waals surface area contributed by atoms with Gasteiger partial charge in [0.25, 0.3) is 0 Å². The van der Waals surface area contributed by atoms with Crippen molar-refractivity contribution >= 4 is 24.2 Å². The fraction of sp³-hybridized carbons (Fsp3) is 0.500. The quantitative estimate of drug-likeness (QED) is 0.450. The van der Waals surface area contributed by atoms with E-state index in [1.54, 1.807) is 19.6 Å². The van der Waals surface area contributed by atoms with Gasteiger partial charge in [-0.1, -0.05) is 11.6 Å². The topological polar surface area (TPSA) is 28.0 Å². The molecule has 4 heteroatoms. The number of halogens is 1. The smallest absolute Gasteiger partial charge is 0.137 e. The van der Waals surface area contributed by atoms with Gasteiger partial charge < -0.3 is 4.90 Å². The molecule has 0 bridgehead atoms. The van der Waals surface area contributed by atoms with Gasteiger partial charge in [-0.15, -0.1) is 0 Å². The van der Waals surface area contributed by atoms with Crippen molar-refractivity contribution < 1.29 is 0 Å². The Morgan fingerprint density at radius 2 is 2.42 bits per heavy atom. The molecular formula is C8H12ClN3. The molecule has 0 fully saturated rings. The number of aliphatic imine (C=N–C) groups is 2. The molecule has 0 saturated heterocycles. The number of rotatable bonds is 1. The fourth-order valence-corrected chi connectivity index (χ4v) is 1.26. The number of hydrogen-bond acceptors (Lipinski definition) is 3. The lowest BCUT2D eigenvalue weighted by molar-refractivity contribution is 0.449. The van der Waals surface area contributed by atoms with Crippen molar-refractivity contribution in [2.24, 2.45) is 9.98 Å². The summed E-state index contributed by atoms with van der Waals surface area (Å²) in [7, 11) is 3.68. The van der Waals surface area contributed by atoms with Crippen molar-refractivity contribution in [3.63, 3.8) is 0 Å². The molecule has 12 heavy (non-hydrogen) atoms. The second-order valence-electron chi connectivity index (χ2n) is 2.72. The van der Waals surface area contributed by atoms with E-state index < -0.39 is 0 Å². The molecule has 0 aromatic rings. The maximum atomic E-state index is 5.89. The van der Waals surface area contributed by atoms with Crippen molar-refractivity contribution in [2.45, 2.75) is 13.0 Å². The Kier molecular flexibility index (Phi) is 2.87. The van der Waals surface area contributed by atoms with E-state index >= 15 is 0 Å². The minimum Gasteiger partial charge on any atom is -0.359 e. The molecule has 3 nitrogen and oxygen atoms in total. The lowest BCUT2D eigenvalue weighted by atomic mass is 10.1. The fourth-order valence-electron chi connectivity index (χ4n) is 1.01. The zero-order valence-electron chi connectivity index (χ0n) is 7.45. The van der Waals surface area contributed by atoms with Gasteiger partial charge in [-0.05, 0) is 6.92 Å². The van der Waals surface area contributed by atoms with Crippen molar-refractivity contribution in [3.8, 4) is 0 Å². The monoisotopic (exact) mass is 185 g/mol. The summed E-state index contributed by atoms with van der Waals surface area (Å²) in [5, 5.41) is 0.534. The van der Waals surface area contributed by atoms with Crippen molar-refractivity contribution in [2.75, 3.05) is 14.1 Å². The Morgan fingerprint density at radius 3 is 3.00 bits per heavy atom. The highest BCUT2D eigenvalue weighted by atomic mass is 35.5. The Labute approximate surface area is 77.5 Å². The van der Waals surface area contributed by atoms with Crippen LogP contribution < -0.4 is 0 Å². The average molecular weight is 186 g/mol. The molecule has 0 aromatic heterocycles. The van der Waals surface area contributed by atoms with Gasteiger partial charge in [-0.2, -0.15) is 0 Å². The zero-order valence-corrected chi connectivity index (χ0v) is 8.21. The minimum absolute atomic E-state index is 0.249. The highest BCUT2D eigenvalue weighted by Crippen LogP contribution is 2.19. The van der Waals surface area contributed by atoms with Crippen LogP contribution in [0.3, 0.4) is 0 Å². The van der Waals surface area contributed by atoms with E-state index in [-0.39, 0.29) is 6.04 Å². The summed E-state index contributed by atoms with van der Waals surface area (Å²) in [4.78, 5) is 9.93. The third-order valence-corrected chi connectivity index (χ3v) is 2.24. The molecule has 1 unspecified atom stereocenters. The molecule has 66 valence electrons. The molecule has 0 aliphatic carbocycles. The van der Waals surface area contributed by atoms with Crippen molar-refractivity contribution in [1.82, 2.24) is 4.90 Å². The first-order valence-corrected chi connectivity index (χ1v) is 4.12. The van der Waals surface area contributed by atoms with E-state index in [4.69, 9.17) is 11.6 Å². The van der Waals surface area contributed by atoms with Gasteiger partial charge in [-0.3, -0.25) is 4.99 Å². The zero-order chi connectivity index (χ0) is 9.14. The summed E-state index contributed by atoms with van der Waals surface area (Å²) < 4.78 is 0. The number of likely N-dealkylation sites (N-methyl/N-ethyl adjacent to an activating group) is 1. The third-order valence-electron chi connectivity index (χ3n) is 1.92. The second-order valence-corrected chi connectivity index (χ2v) is 3.08. The summed E-state index contributed by atoms with van der Waals surface area (Å²) in [5.41, 5.74) is 0.962. The van der Waals surface area contributed by atoms with Crippen LogP contribution in [0.5, 0.6) is 0 Å². The first kappa shape index (κ1) is 9.26. The molecule has 0 aromatic carbocycles. The van der Waals surface area contributed by atoms with E-state index in [0.29, 0.717) is 5.16 Å². The summed E-state index contributed by atoms with van der Waals surface area (Å²) >= 11 is 5.89. The van der Waals surface area contributed by atoms with E-state index in [0.717, 1.165) is 5.57 Å². The predicted octanol–water partition coefficient (Wildman–Crippen LogP) is 1.50. The highest BCUT2D eigenvalue weighted by molar-refractivity contribution is 6.31. The maximum absolute atomic E-state index is 5.89. The van der Waals surface area contributed by atoms with Crippen LogP contribution in [-0.4, -0.2) is 37.6 Å². The van der Waals surface area contributed by atoms with Crippen molar-refractivity contribution in [3.05, 3.63) is 10.7 Å². The van der Waals surface area contributed by atoms with Gasteiger partial charge in [0, 0.05) is 25.9 Å². The van der Waals surface area contributed by atoms with Gasteiger partial charge in [0.05, 0.1) is 12.4 Å². The van der Waals surface area contributed by atoms with Crippen LogP contribution in [0.2, 0.25) is 0 Å². The molecule has 1 atom stereocenters. The van der Waals surface area contributed by atoms with Crippen LogP contribution in [-0.2, 0) is 0 Å². The Morgan fingerprint density at radius 1 is 1.75 bits per heavy atom. The van der Waals surface area contributed by atoms with Crippen molar-refractivity contribution in [1.29, 1.82) is 0 Å². The van der Waals surface area contributed by atoms with Crippen LogP contribution in [0.4, 0.5) is 0 Å². The summed E-state index contributed by atoms with van der Waals surface area (Å²) in [6.45, 7) is 2.06. The molecule has 1 heterocycles. The van der Waals surface area contributed by atoms with Crippen LogP contribution in [0.15, 0.2) is 20.7 Å². The lowest BCUT2D eigenvalue weighted by Gasteiger charge is -2.26. The maximum Gasteiger partial charge on any atom is 0.137 e. The summed E-state index contributed by atoms with van der Waals surface area (Å²) in [5.74, 6) is 0. The third kappa shape index (κ3) is 1.67. The number of nitrogens with zero attached hydrogens (tertiary/aromatic N) is 3. The van der Waals surface area contributed by atoms with Gasteiger partial charge in [-0.25, -0.2) is 4.99 Å². The largest absolute Gasteiger partial charge is 0.359 e. The average Bonchev–Trinajstić information content (AvgIpc) is 2.06. The Balaban J connectivity index is 2.97. The SMILES string of the molecule is C/N=C\C1=C(Cl)N=CN(C)C1C. The van der Waals surface area contributed by atoms with Crippen LogP contribution in [0.25, 0.3) is 0 Å². The van der Waals surface area contributed by atoms with Crippen LogP contribution >= 0.6 is 11.6 Å². The molecular weight excluding hydrogens is 174 g/mol. The molecule has 1 aliphatic heterocycles. The van der Waals surface area contributed by atoms with Gasteiger partial charge >= 0.3 is 0 Å². The van der Waals surface area contributed by atoms with E-state index in [1.165, 1.54) is 0 Å². The predicted molar refractivity (Wildman–Crippen MR) is 53.0 cm³/mol. The number of hydrogen-bond donors (Lipinski definition) is 0. The first-order valence-electron chi connectivity index (χ1n) is 3.74. The lowest BCUT2D eigenvalue weighted by Crippen LogP contribution is -2.32. The minimum atomic E-state index is 0.249. The molecule has 1 aliphatic rings. The highest BCUT2D eigenvalue weighted by Gasteiger charge is 2.17. The van der Waals surface area contributed by atoms with Gasteiger partial charge in [0.1, 0.15) is 5.16 Å². The Hall–Kier alpha value is -0.830. The molecule has 0 saturated carbocycles. The molecule has 0 amide bonds. The van der Waals surface area contributed by atoms with E-state index in [2.05, 4.69) is 16.9 Å². The van der Waals surface area contributed by atoms with Gasteiger partial charge in [0.15, 0.2) is 0 Å². The molecule has 0 radical (unpaired) electrons. The normalized spacial score (nSPS) is 24.3. The molecule has 0 spiro atoms.